The van der Waals surface area contributed by atoms with Crippen molar-refractivity contribution in [2.24, 2.45) is 0 Å². The number of nitrogens with zero attached hydrogens (tertiary/aromatic N) is 3. The van der Waals surface area contributed by atoms with Gasteiger partial charge in [-0.25, -0.2) is 0 Å². The molecule has 1 saturated heterocycles. The molecule has 1 aliphatic heterocycles. The molecule has 0 spiro atoms. The number of benzene rings is 3. The van der Waals surface area contributed by atoms with Crippen molar-refractivity contribution >= 4 is 29.4 Å². The van der Waals surface area contributed by atoms with Gasteiger partial charge in [-0.15, -0.1) is 0 Å². The first-order valence-corrected chi connectivity index (χ1v) is 12.5. The molecule has 0 bridgehead atoms. The Morgan fingerprint density at radius 1 is 1.00 bits per heavy atom. The monoisotopic (exact) mass is 508 g/mol. The number of carbonyl (C=O) groups excluding carboxylic acids is 1. The highest BCUT2D eigenvalue weighted by atomic mass is 35.5. The van der Waals surface area contributed by atoms with E-state index in [0.29, 0.717) is 34.9 Å². The van der Waals surface area contributed by atoms with Gasteiger partial charge in [0.1, 0.15) is 5.75 Å². The van der Waals surface area contributed by atoms with Crippen LogP contribution in [0.25, 0.3) is 22.3 Å². The second-order valence-corrected chi connectivity index (χ2v) is 9.62. The Morgan fingerprint density at radius 3 is 2.28 bits per heavy atom. The van der Waals surface area contributed by atoms with Crippen molar-refractivity contribution in [2.75, 3.05) is 63.2 Å². The van der Waals surface area contributed by atoms with Gasteiger partial charge in [0.05, 0.1) is 17.3 Å². The Bertz CT molecular complexity index is 1210. The molecule has 0 saturated carbocycles. The number of nitrogens with one attached hydrogen (secondary N) is 1. The van der Waals surface area contributed by atoms with Crippen molar-refractivity contribution < 1.29 is 15.0 Å². The molecule has 0 unspecified atom stereocenters. The van der Waals surface area contributed by atoms with Crippen LogP contribution in [0.1, 0.15) is 5.56 Å². The molecule has 3 N–H and O–H groups in total. The average Bonchev–Trinajstić information content (AvgIpc) is 2.90. The highest BCUT2D eigenvalue weighted by Crippen LogP contribution is 2.41. The molecule has 190 valence electrons. The normalized spacial score (nSPS) is 13.8. The summed E-state index contributed by atoms with van der Waals surface area (Å²) in [6, 6.07) is 17.0. The van der Waals surface area contributed by atoms with Crippen LogP contribution < -0.4 is 15.1 Å². The Kier molecular flexibility index (Phi) is 8.48. The predicted molar refractivity (Wildman–Crippen MR) is 147 cm³/mol. The molecule has 4 rings (SSSR count). The maximum Gasteiger partial charge on any atom is 0.214 e. The zero-order valence-electron chi connectivity index (χ0n) is 20.7. The minimum Gasteiger partial charge on any atom is -0.507 e. The van der Waals surface area contributed by atoms with Gasteiger partial charge in [0, 0.05) is 61.6 Å². The Morgan fingerprint density at radius 2 is 1.67 bits per heavy atom. The number of para-hydroxylation sites is 1. The van der Waals surface area contributed by atoms with Crippen LogP contribution in [0.5, 0.6) is 5.75 Å². The largest absolute Gasteiger partial charge is 0.507 e. The van der Waals surface area contributed by atoms with E-state index >= 15 is 0 Å². The Labute approximate surface area is 217 Å². The summed E-state index contributed by atoms with van der Waals surface area (Å²) >= 11 is 6.59. The third-order valence-electron chi connectivity index (χ3n) is 6.54. The fraction of sp³-hybridized carbons (Fsp3) is 0.321. The van der Waals surface area contributed by atoms with E-state index in [-0.39, 0.29) is 12.4 Å². The molecular weight excluding hydrogens is 476 g/mol. The number of hydrogen-bond acceptors (Lipinski definition) is 6. The maximum absolute atomic E-state index is 11.7. The molecule has 0 radical (unpaired) electrons. The van der Waals surface area contributed by atoms with Crippen LogP contribution in [-0.2, 0) is 11.4 Å². The van der Waals surface area contributed by atoms with Gasteiger partial charge in [0.15, 0.2) is 0 Å². The van der Waals surface area contributed by atoms with Gasteiger partial charge >= 0.3 is 0 Å². The van der Waals surface area contributed by atoms with E-state index < -0.39 is 0 Å². The number of hydrogen-bond donors (Lipinski definition) is 3. The van der Waals surface area contributed by atoms with Gasteiger partial charge in [-0.2, -0.15) is 0 Å². The van der Waals surface area contributed by atoms with E-state index in [4.69, 9.17) is 11.6 Å². The summed E-state index contributed by atoms with van der Waals surface area (Å²) in [6.07, 6.45) is 0.786. The zero-order chi connectivity index (χ0) is 25.7. The zero-order valence-corrected chi connectivity index (χ0v) is 21.5. The van der Waals surface area contributed by atoms with Crippen molar-refractivity contribution in [2.45, 2.75) is 6.61 Å². The van der Waals surface area contributed by atoms with Gasteiger partial charge in [-0.1, -0.05) is 48.0 Å². The van der Waals surface area contributed by atoms with Crippen LogP contribution in [0.15, 0.2) is 54.6 Å². The molecular formula is C28H33ClN4O3. The molecule has 0 aliphatic carbocycles. The first-order chi connectivity index (χ1) is 17.4. The molecule has 3 aromatic rings. The molecule has 36 heavy (non-hydrogen) atoms. The number of aromatic hydroxyl groups is 1. The van der Waals surface area contributed by atoms with Crippen LogP contribution in [0.2, 0.25) is 5.02 Å². The lowest BCUT2D eigenvalue weighted by Crippen LogP contribution is -2.43. The first kappa shape index (κ1) is 26.0. The summed E-state index contributed by atoms with van der Waals surface area (Å²) < 4.78 is 0. The van der Waals surface area contributed by atoms with E-state index in [2.05, 4.69) is 10.2 Å². The quantitative estimate of drug-likeness (QED) is 0.381. The maximum atomic E-state index is 11.7. The van der Waals surface area contributed by atoms with E-state index in [0.717, 1.165) is 55.0 Å². The molecule has 0 aromatic heterocycles. The number of aliphatic hydroxyl groups is 1. The highest BCUT2D eigenvalue weighted by molar-refractivity contribution is 6.34. The first-order valence-electron chi connectivity index (χ1n) is 12.1. The van der Waals surface area contributed by atoms with Gasteiger partial charge in [-0.05, 0) is 43.4 Å². The van der Waals surface area contributed by atoms with Crippen LogP contribution in [0.3, 0.4) is 0 Å². The van der Waals surface area contributed by atoms with Crippen LogP contribution >= 0.6 is 11.6 Å². The van der Waals surface area contributed by atoms with Gasteiger partial charge in [0.2, 0.25) is 6.41 Å². The van der Waals surface area contributed by atoms with Crippen LogP contribution in [0.4, 0.5) is 11.4 Å². The number of rotatable bonds is 9. The highest BCUT2D eigenvalue weighted by Gasteiger charge is 2.18. The summed E-state index contributed by atoms with van der Waals surface area (Å²) in [6.45, 7) is 4.70. The Hall–Kier alpha value is -3.10. The molecule has 3 aromatic carbocycles. The molecule has 8 heteroatoms. The number of likely N-dealkylation sites (N-methyl/N-ethyl adjacent to an activating group) is 1. The second kappa shape index (κ2) is 11.8. The SMILES string of the molecule is CN(C)CCN(C=O)c1ccc(-c2cccc(-c3ccc(CO)c(N4CCNCC4)c3)c2O)cc1Cl. The number of phenolic OH excluding ortho intramolecular Hbond substituents is 1. The van der Waals surface area contributed by atoms with E-state index in [1.807, 2.05) is 67.5 Å². The van der Waals surface area contributed by atoms with Crippen molar-refractivity contribution in [3.63, 3.8) is 0 Å². The molecule has 1 heterocycles. The van der Waals surface area contributed by atoms with Crippen LogP contribution in [0, 0.1) is 0 Å². The molecule has 1 amide bonds. The third-order valence-corrected chi connectivity index (χ3v) is 6.85. The molecule has 0 atom stereocenters. The summed E-state index contributed by atoms with van der Waals surface area (Å²) in [5, 5.41) is 25.0. The molecule has 7 nitrogen and oxygen atoms in total. The van der Waals surface area contributed by atoms with E-state index in [1.165, 1.54) is 0 Å². The summed E-state index contributed by atoms with van der Waals surface area (Å²) in [5.41, 5.74) is 5.48. The second-order valence-electron chi connectivity index (χ2n) is 9.21. The summed E-state index contributed by atoms with van der Waals surface area (Å²) in [5.74, 6) is 0.157. The van der Waals surface area contributed by atoms with Crippen LogP contribution in [-0.4, -0.2) is 74.9 Å². The number of halogens is 1. The third kappa shape index (κ3) is 5.65. The standard InChI is InChI=1S/C28H33ClN4O3/c1-31(2)14-15-33(19-35)26-9-8-20(16-25(26)29)23-4-3-5-24(28(23)36)21-6-7-22(18-34)27(17-21)32-12-10-30-11-13-32/h3-9,16-17,19,30,34,36H,10-15,18H2,1-2H3. The average molecular weight is 509 g/mol. The predicted octanol–water partition coefficient (Wildman–Crippen LogP) is 3.81. The topological polar surface area (TPSA) is 79.3 Å². The lowest BCUT2D eigenvalue weighted by atomic mass is 9.95. The number of phenols is 1. The molecule has 1 aliphatic rings. The van der Waals surface area contributed by atoms with Crippen molar-refractivity contribution in [3.05, 3.63) is 65.2 Å². The van der Waals surface area contributed by atoms with E-state index in [1.54, 1.807) is 11.0 Å². The summed E-state index contributed by atoms with van der Waals surface area (Å²) in [7, 11) is 3.90. The van der Waals surface area contributed by atoms with Gasteiger partial charge < -0.3 is 30.2 Å². The molecule has 1 fully saturated rings. The number of piperazine rings is 1. The Balaban J connectivity index is 1.67. The fourth-order valence-electron chi connectivity index (χ4n) is 4.52. The number of amides is 1. The number of aliphatic hydroxyl groups excluding tert-OH is 1. The van der Waals surface area contributed by atoms with E-state index in [9.17, 15) is 15.0 Å². The van der Waals surface area contributed by atoms with Crippen molar-refractivity contribution in [3.8, 4) is 28.0 Å². The fourth-order valence-corrected chi connectivity index (χ4v) is 4.81. The number of carbonyl (C=O) groups is 1. The number of anilines is 2. The lowest BCUT2D eigenvalue weighted by Gasteiger charge is -2.31. The van der Waals surface area contributed by atoms with Gasteiger partial charge in [-0.3, -0.25) is 4.79 Å². The summed E-state index contributed by atoms with van der Waals surface area (Å²) in [4.78, 5) is 17.5. The van der Waals surface area contributed by atoms with Crippen molar-refractivity contribution in [1.29, 1.82) is 0 Å². The van der Waals surface area contributed by atoms with Gasteiger partial charge in [0.25, 0.3) is 0 Å². The minimum absolute atomic E-state index is 0.0389. The minimum atomic E-state index is -0.0389. The van der Waals surface area contributed by atoms with Crippen molar-refractivity contribution in [1.82, 2.24) is 10.2 Å². The lowest BCUT2D eigenvalue weighted by molar-refractivity contribution is -0.107. The smallest absolute Gasteiger partial charge is 0.214 e.